The Labute approximate surface area is 123 Å². The van der Waals surface area contributed by atoms with Crippen molar-refractivity contribution in [2.24, 2.45) is 0 Å². The molecule has 0 spiro atoms. The van der Waals surface area contributed by atoms with Gasteiger partial charge in [-0.25, -0.2) is 0 Å². The maximum Gasteiger partial charge on any atom is 0.269 e. The minimum absolute atomic E-state index is 0.0233. The number of nitro groups is 1. The standard InChI is InChI=1S/C15H20N2O4/c1-10(11-5-4-6-12(9-11)17(20)21)15(19)16-13-7-2-3-8-14(13)18/h4-6,9-10,13-14,18H,2-3,7-8H2,1H3,(H,16,19)/t10?,13-,14-/m0/s1. The fraction of sp³-hybridized carbons (Fsp3) is 0.533. The molecule has 0 heterocycles. The summed E-state index contributed by atoms with van der Waals surface area (Å²) < 4.78 is 0. The number of nitrogens with zero attached hydrogens (tertiary/aromatic N) is 1. The molecule has 3 atom stereocenters. The van der Waals surface area contributed by atoms with E-state index < -0.39 is 16.9 Å². The van der Waals surface area contributed by atoms with E-state index >= 15 is 0 Å². The molecule has 6 heteroatoms. The zero-order valence-corrected chi connectivity index (χ0v) is 12.0. The van der Waals surface area contributed by atoms with Crippen LogP contribution < -0.4 is 5.32 Å². The molecule has 0 aliphatic heterocycles. The molecule has 0 bridgehead atoms. The number of carbonyl (C=O) groups excluding carboxylic acids is 1. The molecule has 0 saturated heterocycles. The van der Waals surface area contributed by atoms with Gasteiger partial charge in [-0.3, -0.25) is 14.9 Å². The SMILES string of the molecule is CC(C(=O)N[C@H]1CCCC[C@@H]1O)c1cccc([N+](=O)[O-])c1. The highest BCUT2D eigenvalue weighted by molar-refractivity contribution is 5.83. The molecule has 1 aliphatic carbocycles. The van der Waals surface area contributed by atoms with E-state index in [-0.39, 0.29) is 17.6 Å². The van der Waals surface area contributed by atoms with Crippen molar-refractivity contribution in [1.82, 2.24) is 5.32 Å². The van der Waals surface area contributed by atoms with Gasteiger partial charge in [-0.1, -0.05) is 25.0 Å². The van der Waals surface area contributed by atoms with Crippen LogP contribution in [0.15, 0.2) is 24.3 Å². The quantitative estimate of drug-likeness (QED) is 0.656. The third-order valence-corrected chi connectivity index (χ3v) is 4.03. The summed E-state index contributed by atoms with van der Waals surface area (Å²) in [6, 6.07) is 5.88. The normalized spacial score (nSPS) is 23.3. The van der Waals surface area contributed by atoms with Crippen molar-refractivity contribution in [3.63, 3.8) is 0 Å². The molecule has 1 aromatic rings. The van der Waals surface area contributed by atoms with Crippen LogP contribution in [0.5, 0.6) is 0 Å². The van der Waals surface area contributed by atoms with Gasteiger partial charge in [-0.2, -0.15) is 0 Å². The van der Waals surface area contributed by atoms with Crippen molar-refractivity contribution in [3.05, 3.63) is 39.9 Å². The first kappa shape index (κ1) is 15.4. The van der Waals surface area contributed by atoms with Gasteiger partial charge in [0.1, 0.15) is 0 Å². The van der Waals surface area contributed by atoms with Crippen LogP contribution in [0.25, 0.3) is 0 Å². The van der Waals surface area contributed by atoms with E-state index in [1.807, 2.05) is 0 Å². The number of nitrogens with one attached hydrogen (secondary N) is 1. The maximum absolute atomic E-state index is 12.2. The van der Waals surface area contributed by atoms with Crippen molar-refractivity contribution < 1.29 is 14.8 Å². The minimum Gasteiger partial charge on any atom is -0.391 e. The van der Waals surface area contributed by atoms with Crippen LogP contribution in [0.4, 0.5) is 5.69 Å². The number of rotatable bonds is 4. The lowest BCUT2D eigenvalue weighted by Gasteiger charge is -2.29. The molecule has 2 rings (SSSR count). The summed E-state index contributed by atoms with van der Waals surface area (Å²) in [5.41, 5.74) is 0.580. The van der Waals surface area contributed by atoms with Crippen LogP contribution in [0.3, 0.4) is 0 Å². The number of carbonyl (C=O) groups is 1. The van der Waals surface area contributed by atoms with Crippen molar-refractivity contribution in [3.8, 4) is 0 Å². The van der Waals surface area contributed by atoms with Crippen LogP contribution in [-0.2, 0) is 4.79 Å². The molecule has 6 nitrogen and oxygen atoms in total. The molecule has 1 aromatic carbocycles. The zero-order valence-electron chi connectivity index (χ0n) is 12.0. The van der Waals surface area contributed by atoms with E-state index in [0.717, 1.165) is 19.3 Å². The van der Waals surface area contributed by atoms with Crippen molar-refractivity contribution >= 4 is 11.6 Å². The Morgan fingerprint density at radius 1 is 1.43 bits per heavy atom. The minimum atomic E-state index is -0.500. The second kappa shape index (κ2) is 6.67. The van der Waals surface area contributed by atoms with Gasteiger partial charge in [0.25, 0.3) is 5.69 Å². The number of nitro benzene ring substituents is 1. The summed E-state index contributed by atoms with van der Waals surface area (Å²) in [5, 5.41) is 23.5. The number of hydrogen-bond donors (Lipinski definition) is 2. The van der Waals surface area contributed by atoms with Crippen molar-refractivity contribution in [2.75, 3.05) is 0 Å². The average molecular weight is 292 g/mol. The lowest BCUT2D eigenvalue weighted by molar-refractivity contribution is -0.384. The van der Waals surface area contributed by atoms with Crippen LogP contribution in [-0.4, -0.2) is 28.1 Å². The Hall–Kier alpha value is -1.95. The summed E-state index contributed by atoms with van der Waals surface area (Å²) >= 11 is 0. The molecule has 0 radical (unpaired) electrons. The second-order valence-electron chi connectivity index (χ2n) is 5.54. The van der Waals surface area contributed by atoms with Crippen molar-refractivity contribution in [1.29, 1.82) is 0 Å². The van der Waals surface area contributed by atoms with Crippen LogP contribution in [0.1, 0.15) is 44.1 Å². The lowest BCUT2D eigenvalue weighted by atomic mass is 9.91. The maximum atomic E-state index is 12.2. The monoisotopic (exact) mass is 292 g/mol. The number of amides is 1. The lowest BCUT2D eigenvalue weighted by Crippen LogP contribution is -2.46. The van der Waals surface area contributed by atoms with Gasteiger partial charge < -0.3 is 10.4 Å². The summed E-state index contributed by atoms with van der Waals surface area (Å²) in [4.78, 5) is 22.6. The Bertz CT molecular complexity index is 532. The number of non-ortho nitro benzene ring substituents is 1. The predicted molar refractivity (Wildman–Crippen MR) is 77.9 cm³/mol. The number of hydrogen-bond acceptors (Lipinski definition) is 4. The van der Waals surface area contributed by atoms with Crippen LogP contribution in [0.2, 0.25) is 0 Å². The van der Waals surface area contributed by atoms with Crippen LogP contribution >= 0.6 is 0 Å². The highest BCUT2D eigenvalue weighted by Gasteiger charge is 2.27. The number of aliphatic hydroxyl groups excluding tert-OH is 1. The third-order valence-electron chi connectivity index (χ3n) is 4.03. The molecular formula is C15H20N2O4. The largest absolute Gasteiger partial charge is 0.391 e. The zero-order chi connectivity index (χ0) is 15.4. The first-order chi connectivity index (χ1) is 9.99. The average Bonchev–Trinajstić information content (AvgIpc) is 2.49. The fourth-order valence-corrected chi connectivity index (χ4v) is 2.65. The fourth-order valence-electron chi connectivity index (χ4n) is 2.65. The van der Waals surface area contributed by atoms with Crippen molar-refractivity contribution in [2.45, 2.75) is 50.7 Å². The Morgan fingerprint density at radius 2 is 2.14 bits per heavy atom. The Morgan fingerprint density at radius 3 is 2.81 bits per heavy atom. The first-order valence-electron chi connectivity index (χ1n) is 7.22. The van der Waals surface area contributed by atoms with Gasteiger partial charge in [0, 0.05) is 12.1 Å². The highest BCUT2D eigenvalue weighted by atomic mass is 16.6. The van der Waals surface area contributed by atoms with Gasteiger partial charge in [-0.15, -0.1) is 0 Å². The molecule has 114 valence electrons. The van der Waals surface area contributed by atoms with E-state index in [1.165, 1.54) is 12.1 Å². The van der Waals surface area contributed by atoms with E-state index in [0.29, 0.717) is 12.0 Å². The van der Waals surface area contributed by atoms with E-state index in [1.54, 1.807) is 19.1 Å². The van der Waals surface area contributed by atoms with Gasteiger partial charge >= 0.3 is 0 Å². The molecule has 1 saturated carbocycles. The van der Waals surface area contributed by atoms with E-state index in [4.69, 9.17) is 0 Å². The second-order valence-corrected chi connectivity index (χ2v) is 5.54. The Balaban J connectivity index is 2.04. The topological polar surface area (TPSA) is 92.5 Å². The number of benzene rings is 1. The van der Waals surface area contributed by atoms with E-state index in [9.17, 15) is 20.0 Å². The first-order valence-corrected chi connectivity index (χ1v) is 7.22. The van der Waals surface area contributed by atoms with Gasteiger partial charge in [0.2, 0.25) is 5.91 Å². The Kier molecular flexibility index (Phi) is 4.90. The molecule has 21 heavy (non-hydrogen) atoms. The summed E-state index contributed by atoms with van der Waals surface area (Å²) in [6.45, 7) is 1.71. The molecule has 1 unspecified atom stereocenters. The van der Waals surface area contributed by atoms with Gasteiger partial charge in [0.05, 0.1) is 23.0 Å². The van der Waals surface area contributed by atoms with E-state index in [2.05, 4.69) is 5.32 Å². The third kappa shape index (κ3) is 3.78. The highest BCUT2D eigenvalue weighted by Crippen LogP contribution is 2.23. The van der Waals surface area contributed by atoms with Gasteiger partial charge in [-0.05, 0) is 25.3 Å². The number of aliphatic hydroxyl groups is 1. The smallest absolute Gasteiger partial charge is 0.269 e. The van der Waals surface area contributed by atoms with Gasteiger partial charge in [0.15, 0.2) is 0 Å². The summed E-state index contributed by atoms with van der Waals surface area (Å²) in [5.74, 6) is -0.694. The molecule has 1 fully saturated rings. The molecule has 2 N–H and O–H groups in total. The van der Waals surface area contributed by atoms with Crippen LogP contribution in [0, 0.1) is 10.1 Å². The predicted octanol–water partition coefficient (Wildman–Crippen LogP) is 2.12. The molecular weight excluding hydrogens is 272 g/mol. The molecule has 0 aromatic heterocycles. The molecule has 1 aliphatic rings. The molecule has 1 amide bonds. The summed E-state index contributed by atoms with van der Waals surface area (Å²) in [7, 11) is 0. The summed E-state index contributed by atoms with van der Waals surface area (Å²) in [6.07, 6.45) is 2.95.